The first-order chi connectivity index (χ1) is 13.7. The Kier molecular flexibility index (Phi) is 5.94. The lowest BCUT2D eigenvalue weighted by Gasteiger charge is -2.24. The topological polar surface area (TPSA) is 58.2 Å². The Hall–Kier alpha value is -2.36. The average molecular weight is 379 g/mol. The summed E-state index contributed by atoms with van der Waals surface area (Å²) in [6.45, 7) is 0. The third-order valence-corrected chi connectivity index (χ3v) is 6.35. The van der Waals surface area contributed by atoms with E-state index in [2.05, 4.69) is 10.6 Å². The molecule has 0 aliphatic heterocycles. The fourth-order valence-electron chi connectivity index (χ4n) is 4.65. The normalized spacial score (nSPS) is 18.7. The van der Waals surface area contributed by atoms with Crippen LogP contribution in [0.4, 0.5) is 11.4 Å². The van der Waals surface area contributed by atoms with E-state index in [0.717, 1.165) is 73.5 Å². The highest BCUT2D eigenvalue weighted by Gasteiger charge is 2.24. The summed E-state index contributed by atoms with van der Waals surface area (Å²) in [6, 6.07) is 12.1. The van der Waals surface area contributed by atoms with E-state index in [-0.39, 0.29) is 23.7 Å². The zero-order valence-electron chi connectivity index (χ0n) is 16.5. The van der Waals surface area contributed by atoms with Gasteiger partial charge in [-0.15, -0.1) is 0 Å². The average Bonchev–Trinajstić information content (AvgIpc) is 2.75. The van der Waals surface area contributed by atoms with Crippen molar-refractivity contribution in [1.29, 1.82) is 0 Å². The lowest BCUT2D eigenvalue weighted by molar-refractivity contribution is -0.121. The van der Waals surface area contributed by atoms with Gasteiger partial charge in [-0.25, -0.2) is 0 Å². The van der Waals surface area contributed by atoms with Crippen molar-refractivity contribution in [2.75, 3.05) is 10.6 Å². The lowest BCUT2D eigenvalue weighted by Crippen LogP contribution is -2.27. The molecular formula is C24H30N2O2. The second-order valence-electron chi connectivity index (χ2n) is 8.39. The van der Waals surface area contributed by atoms with Gasteiger partial charge in [-0.3, -0.25) is 9.59 Å². The van der Waals surface area contributed by atoms with Gasteiger partial charge >= 0.3 is 0 Å². The first-order valence-corrected chi connectivity index (χ1v) is 10.9. The Morgan fingerprint density at radius 1 is 0.643 bits per heavy atom. The molecule has 2 N–H and O–H groups in total. The Morgan fingerprint density at radius 3 is 1.43 bits per heavy atom. The van der Waals surface area contributed by atoms with E-state index >= 15 is 0 Å². The van der Waals surface area contributed by atoms with Gasteiger partial charge in [0.1, 0.15) is 0 Å². The van der Waals surface area contributed by atoms with E-state index < -0.39 is 0 Å². The number of amides is 2. The number of nitrogens with one attached hydrogen (secondary N) is 2. The maximum atomic E-state index is 12.8. The van der Waals surface area contributed by atoms with E-state index in [0.29, 0.717) is 0 Å². The molecule has 2 amide bonds. The number of hydrogen-bond donors (Lipinski definition) is 2. The quantitative estimate of drug-likeness (QED) is 0.698. The fourth-order valence-corrected chi connectivity index (χ4v) is 4.65. The maximum Gasteiger partial charge on any atom is 0.227 e. The monoisotopic (exact) mass is 378 g/mol. The molecule has 2 saturated carbocycles. The molecule has 4 nitrogen and oxygen atoms in total. The van der Waals surface area contributed by atoms with Crippen LogP contribution < -0.4 is 10.6 Å². The van der Waals surface area contributed by atoms with Gasteiger partial charge in [0.25, 0.3) is 0 Å². The second kappa shape index (κ2) is 8.76. The molecule has 2 aromatic carbocycles. The van der Waals surface area contributed by atoms with Crippen LogP contribution in [0.5, 0.6) is 0 Å². The van der Waals surface area contributed by atoms with Gasteiger partial charge in [-0.2, -0.15) is 0 Å². The van der Waals surface area contributed by atoms with Crippen molar-refractivity contribution >= 4 is 34.0 Å². The van der Waals surface area contributed by atoms with Crippen LogP contribution in [0.25, 0.3) is 10.8 Å². The summed E-state index contributed by atoms with van der Waals surface area (Å²) < 4.78 is 0. The standard InChI is InChI=1S/C24H30N2O2/c27-23(17-9-3-1-4-10-17)25-21-15-19-13-7-8-14-20(19)16-22(21)26-24(28)18-11-5-2-6-12-18/h7-8,13-18H,1-6,9-12H2,(H,25,27)(H,26,28). The maximum absolute atomic E-state index is 12.8. The highest BCUT2D eigenvalue weighted by molar-refractivity contribution is 6.05. The molecule has 0 heterocycles. The fraction of sp³-hybridized carbons (Fsp3) is 0.500. The Bertz CT molecular complexity index is 778. The van der Waals surface area contributed by atoms with E-state index in [1.165, 1.54) is 12.8 Å². The summed E-state index contributed by atoms with van der Waals surface area (Å²) in [5.74, 6) is 0.343. The zero-order valence-corrected chi connectivity index (χ0v) is 16.5. The van der Waals surface area contributed by atoms with Gasteiger partial charge < -0.3 is 10.6 Å². The summed E-state index contributed by atoms with van der Waals surface area (Å²) in [5.41, 5.74) is 1.44. The molecule has 28 heavy (non-hydrogen) atoms. The molecule has 0 unspecified atom stereocenters. The molecule has 148 valence electrons. The molecule has 4 heteroatoms. The molecule has 0 radical (unpaired) electrons. The van der Waals surface area contributed by atoms with Gasteiger partial charge in [0.15, 0.2) is 0 Å². The van der Waals surface area contributed by atoms with Crippen molar-refractivity contribution < 1.29 is 9.59 Å². The van der Waals surface area contributed by atoms with Crippen LogP contribution in [0.15, 0.2) is 36.4 Å². The first kappa shape index (κ1) is 19.0. The van der Waals surface area contributed by atoms with Crippen LogP contribution in [0.2, 0.25) is 0 Å². The number of benzene rings is 2. The summed E-state index contributed by atoms with van der Waals surface area (Å²) >= 11 is 0. The van der Waals surface area contributed by atoms with Crippen molar-refractivity contribution in [3.05, 3.63) is 36.4 Å². The predicted octanol–water partition coefficient (Wildman–Crippen LogP) is 5.88. The van der Waals surface area contributed by atoms with Crippen molar-refractivity contribution in [2.24, 2.45) is 11.8 Å². The van der Waals surface area contributed by atoms with Gasteiger partial charge in [0, 0.05) is 11.8 Å². The minimum Gasteiger partial charge on any atom is -0.324 e. The summed E-state index contributed by atoms with van der Waals surface area (Å²) in [6.07, 6.45) is 10.8. The third kappa shape index (κ3) is 4.37. The van der Waals surface area contributed by atoms with E-state index in [1.807, 2.05) is 36.4 Å². The number of anilines is 2. The Balaban J connectivity index is 1.58. The zero-order chi connectivity index (χ0) is 19.3. The SMILES string of the molecule is O=C(Nc1cc2ccccc2cc1NC(=O)C1CCCCC1)C1CCCCC1. The van der Waals surface area contributed by atoms with Crippen LogP contribution in [0.1, 0.15) is 64.2 Å². The van der Waals surface area contributed by atoms with Crippen LogP contribution in [0.3, 0.4) is 0 Å². The van der Waals surface area contributed by atoms with Crippen molar-refractivity contribution in [2.45, 2.75) is 64.2 Å². The third-order valence-electron chi connectivity index (χ3n) is 6.35. The lowest BCUT2D eigenvalue weighted by atomic mass is 9.88. The number of carbonyl (C=O) groups is 2. The first-order valence-electron chi connectivity index (χ1n) is 10.9. The van der Waals surface area contributed by atoms with Crippen LogP contribution in [-0.2, 0) is 9.59 Å². The molecule has 0 aromatic heterocycles. The van der Waals surface area contributed by atoms with E-state index in [9.17, 15) is 9.59 Å². The van der Waals surface area contributed by atoms with Crippen molar-refractivity contribution in [1.82, 2.24) is 0 Å². The minimum absolute atomic E-state index is 0.0853. The number of fused-ring (bicyclic) bond motifs is 1. The molecule has 0 bridgehead atoms. The summed E-state index contributed by atoms with van der Waals surface area (Å²) in [5, 5.41) is 8.39. The highest BCUT2D eigenvalue weighted by atomic mass is 16.2. The molecule has 2 aliphatic rings. The van der Waals surface area contributed by atoms with Crippen LogP contribution in [-0.4, -0.2) is 11.8 Å². The molecule has 2 aromatic rings. The summed E-state index contributed by atoms with van der Waals surface area (Å²) in [7, 11) is 0. The minimum atomic E-state index is 0.0853. The van der Waals surface area contributed by atoms with Gasteiger partial charge in [-0.05, 0) is 48.6 Å². The molecule has 0 atom stereocenters. The van der Waals surface area contributed by atoms with Gasteiger partial charge in [-0.1, -0.05) is 62.8 Å². The Labute approximate surface area is 167 Å². The highest BCUT2D eigenvalue weighted by Crippen LogP contribution is 2.32. The largest absolute Gasteiger partial charge is 0.324 e. The van der Waals surface area contributed by atoms with Gasteiger partial charge in [0.2, 0.25) is 11.8 Å². The second-order valence-corrected chi connectivity index (χ2v) is 8.39. The molecular weight excluding hydrogens is 348 g/mol. The predicted molar refractivity (Wildman–Crippen MR) is 114 cm³/mol. The smallest absolute Gasteiger partial charge is 0.227 e. The number of hydrogen-bond acceptors (Lipinski definition) is 2. The van der Waals surface area contributed by atoms with Crippen LogP contribution in [0, 0.1) is 11.8 Å². The molecule has 0 spiro atoms. The molecule has 2 aliphatic carbocycles. The van der Waals surface area contributed by atoms with Gasteiger partial charge in [0.05, 0.1) is 11.4 Å². The molecule has 0 saturated heterocycles. The number of carbonyl (C=O) groups excluding carboxylic acids is 2. The Morgan fingerprint density at radius 2 is 1.04 bits per heavy atom. The molecule has 2 fully saturated rings. The molecule has 4 rings (SSSR count). The van der Waals surface area contributed by atoms with Crippen LogP contribution >= 0.6 is 0 Å². The number of rotatable bonds is 4. The summed E-state index contributed by atoms with van der Waals surface area (Å²) in [4.78, 5) is 25.6. The van der Waals surface area contributed by atoms with Crippen molar-refractivity contribution in [3.8, 4) is 0 Å². The van der Waals surface area contributed by atoms with Crippen molar-refractivity contribution in [3.63, 3.8) is 0 Å². The van der Waals surface area contributed by atoms with E-state index in [1.54, 1.807) is 0 Å². The van der Waals surface area contributed by atoms with E-state index in [4.69, 9.17) is 0 Å².